The Morgan fingerprint density at radius 3 is 2.60 bits per heavy atom. The second kappa shape index (κ2) is 5.02. The lowest BCUT2D eigenvalue weighted by molar-refractivity contribution is 0.0159. The fourth-order valence-electron chi connectivity index (χ4n) is 3.22. The molecule has 0 radical (unpaired) electrons. The summed E-state index contributed by atoms with van der Waals surface area (Å²) in [5, 5.41) is 11.1. The molecule has 1 aliphatic rings. The molecule has 1 N–H and O–H groups in total. The molecule has 1 nitrogen and oxygen atoms in total. The first-order chi connectivity index (χ1) is 9.58. The molecule has 2 aromatic rings. The van der Waals surface area contributed by atoms with E-state index in [0.717, 1.165) is 24.0 Å². The van der Waals surface area contributed by atoms with Crippen molar-refractivity contribution in [3.63, 3.8) is 0 Å². The number of hydrogen-bond donors (Lipinski definition) is 1. The summed E-state index contributed by atoms with van der Waals surface area (Å²) in [4.78, 5) is 0. The molecule has 20 heavy (non-hydrogen) atoms. The third-order valence-corrected chi connectivity index (χ3v) is 4.39. The number of rotatable bonds is 2. The zero-order valence-corrected chi connectivity index (χ0v) is 11.6. The molecule has 0 aromatic heterocycles. The summed E-state index contributed by atoms with van der Waals surface area (Å²) in [5.41, 5.74) is 2.41. The van der Waals surface area contributed by atoms with Crippen LogP contribution in [0.2, 0.25) is 0 Å². The van der Waals surface area contributed by atoms with Crippen LogP contribution in [0.15, 0.2) is 48.5 Å². The highest BCUT2D eigenvalue weighted by molar-refractivity contribution is 5.38. The van der Waals surface area contributed by atoms with Crippen molar-refractivity contribution in [1.82, 2.24) is 0 Å². The Morgan fingerprint density at radius 1 is 1.15 bits per heavy atom. The largest absolute Gasteiger partial charge is 0.385 e. The van der Waals surface area contributed by atoms with E-state index in [1.54, 1.807) is 12.1 Å². The Balaban J connectivity index is 1.96. The molecule has 1 aliphatic carbocycles. The van der Waals surface area contributed by atoms with Crippen LogP contribution in [-0.2, 0) is 12.0 Å². The van der Waals surface area contributed by atoms with Gasteiger partial charge in [0.05, 0.1) is 5.60 Å². The monoisotopic (exact) mass is 270 g/mol. The molecular formula is C18H19FO. The Bertz CT molecular complexity index is 605. The number of hydrogen-bond acceptors (Lipinski definition) is 1. The Kier molecular flexibility index (Phi) is 3.35. The van der Waals surface area contributed by atoms with Crippen LogP contribution < -0.4 is 0 Å². The number of fused-ring (bicyclic) bond motifs is 1. The molecule has 104 valence electrons. The minimum atomic E-state index is -0.832. The Labute approximate surface area is 119 Å². The molecule has 0 saturated heterocycles. The van der Waals surface area contributed by atoms with Crippen LogP contribution in [0.1, 0.15) is 42.4 Å². The lowest BCUT2D eigenvalue weighted by atomic mass is 9.72. The number of halogens is 1. The molecule has 0 amide bonds. The number of aliphatic hydroxyl groups is 1. The molecule has 2 aromatic carbocycles. The maximum absolute atomic E-state index is 13.0. The van der Waals surface area contributed by atoms with E-state index in [1.807, 2.05) is 18.2 Å². The SMILES string of the molecule is CC1CCC(O)(Cc2ccc(F)cc2)c2ccccc21. The predicted octanol–water partition coefficient (Wildman–Crippen LogP) is 4.15. The van der Waals surface area contributed by atoms with Crippen LogP contribution in [0.4, 0.5) is 4.39 Å². The van der Waals surface area contributed by atoms with Gasteiger partial charge in [-0.05, 0) is 47.6 Å². The summed E-state index contributed by atoms with van der Waals surface area (Å²) in [6.45, 7) is 2.20. The van der Waals surface area contributed by atoms with Crippen molar-refractivity contribution >= 4 is 0 Å². The van der Waals surface area contributed by atoms with Gasteiger partial charge in [-0.3, -0.25) is 0 Å². The lowest BCUT2D eigenvalue weighted by Crippen LogP contribution is -2.34. The summed E-state index contributed by atoms with van der Waals surface area (Å²) >= 11 is 0. The first kappa shape index (κ1) is 13.3. The highest BCUT2D eigenvalue weighted by Crippen LogP contribution is 2.42. The highest BCUT2D eigenvalue weighted by atomic mass is 19.1. The smallest absolute Gasteiger partial charge is 0.123 e. The number of benzene rings is 2. The molecular weight excluding hydrogens is 251 g/mol. The predicted molar refractivity (Wildman–Crippen MR) is 78.1 cm³/mol. The summed E-state index contributed by atoms with van der Waals surface area (Å²) in [5.74, 6) is 0.248. The van der Waals surface area contributed by atoms with Gasteiger partial charge >= 0.3 is 0 Å². The molecule has 0 spiro atoms. The standard InChI is InChI=1S/C18H19FO/c1-13-10-11-18(20,17-5-3-2-4-16(13)17)12-14-6-8-15(19)9-7-14/h2-9,13,20H,10-12H2,1H3. The molecule has 3 rings (SSSR count). The van der Waals surface area contributed by atoms with Crippen molar-refractivity contribution in [1.29, 1.82) is 0 Å². The van der Waals surface area contributed by atoms with Gasteiger partial charge in [0, 0.05) is 6.42 Å². The maximum Gasteiger partial charge on any atom is 0.123 e. The second-order valence-electron chi connectivity index (χ2n) is 5.86. The summed E-state index contributed by atoms with van der Waals surface area (Å²) in [6, 6.07) is 14.6. The minimum Gasteiger partial charge on any atom is -0.385 e. The zero-order chi connectivity index (χ0) is 14.2. The third-order valence-electron chi connectivity index (χ3n) is 4.39. The van der Waals surface area contributed by atoms with Crippen LogP contribution in [0.25, 0.3) is 0 Å². The maximum atomic E-state index is 13.0. The topological polar surface area (TPSA) is 20.2 Å². The van der Waals surface area contributed by atoms with Crippen LogP contribution >= 0.6 is 0 Å². The van der Waals surface area contributed by atoms with E-state index in [9.17, 15) is 9.50 Å². The van der Waals surface area contributed by atoms with Crippen molar-refractivity contribution in [3.8, 4) is 0 Å². The van der Waals surface area contributed by atoms with E-state index < -0.39 is 5.60 Å². The molecule has 2 heteroatoms. The first-order valence-corrected chi connectivity index (χ1v) is 7.15. The van der Waals surface area contributed by atoms with E-state index in [1.165, 1.54) is 17.7 Å². The molecule has 2 unspecified atom stereocenters. The van der Waals surface area contributed by atoms with Crippen molar-refractivity contribution in [2.75, 3.05) is 0 Å². The summed E-state index contributed by atoms with van der Waals surface area (Å²) in [6.07, 6.45) is 2.27. The van der Waals surface area contributed by atoms with E-state index in [2.05, 4.69) is 13.0 Å². The van der Waals surface area contributed by atoms with Crippen LogP contribution in [-0.4, -0.2) is 5.11 Å². The van der Waals surface area contributed by atoms with E-state index in [4.69, 9.17) is 0 Å². The van der Waals surface area contributed by atoms with Crippen molar-refractivity contribution in [3.05, 3.63) is 71.0 Å². The summed E-state index contributed by atoms with van der Waals surface area (Å²) in [7, 11) is 0. The molecule has 0 aliphatic heterocycles. The fourth-order valence-corrected chi connectivity index (χ4v) is 3.22. The van der Waals surface area contributed by atoms with Gasteiger partial charge in [-0.25, -0.2) is 4.39 Å². The van der Waals surface area contributed by atoms with Gasteiger partial charge in [0.1, 0.15) is 5.82 Å². The quantitative estimate of drug-likeness (QED) is 0.869. The second-order valence-corrected chi connectivity index (χ2v) is 5.86. The van der Waals surface area contributed by atoms with Crippen LogP contribution in [0.5, 0.6) is 0 Å². The fraction of sp³-hybridized carbons (Fsp3) is 0.333. The minimum absolute atomic E-state index is 0.238. The normalized spacial score (nSPS) is 25.2. The van der Waals surface area contributed by atoms with Crippen LogP contribution in [0.3, 0.4) is 0 Å². The van der Waals surface area contributed by atoms with Gasteiger partial charge in [0.2, 0.25) is 0 Å². The Morgan fingerprint density at radius 2 is 1.85 bits per heavy atom. The van der Waals surface area contributed by atoms with Gasteiger partial charge in [-0.2, -0.15) is 0 Å². The van der Waals surface area contributed by atoms with Gasteiger partial charge in [-0.15, -0.1) is 0 Å². The molecule has 0 fully saturated rings. The summed E-state index contributed by atoms with van der Waals surface area (Å²) < 4.78 is 13.0. The average molecular weight is 270 g/mol. The molecule has 0 saturated carbocycles. The lowest BCUT2D eigenvalue weighted by Gasteiger charge is -2.37. The van der Waals surface area contributed by atoms with Crippen molar-refractivity contribution < 1.29 is 9.50 Å². The van der Waals surface area contributed by atoms with E-state index in [-0.39, 0.29) is 5.82 Å². The Hall–Kier alpha value is -1.67. The van der Waals surface area contributed by atoms with Crippen LogP contribution in [0, 0.1) is 5.82 Å². The first-order valence-electron chi connectivity index (χ1n) is 7.15. The molecule has 2 atom stereocenters. The van der Waals surface area contributed by atoms with Gasteiger partial charge in [0.25, 0.3) is 0 Å². The van der Waals surface area contributed by atoms with Gasteiger partial charge in [-0.1, -0.05) is 43.3 Å². The highest BCUT2D eigenvalue weighted by Gasteiger charge is 2.36. The van der Waals surface area contributed by atoms with E-state index >= 15 is 0 Å². The van der Waals surface area contributed by atoms with Gasteiger partial charge < -0.3 is 5.11 Å². The molecule has 0 bridgehead atoms. The van der Waals surface area contributed by atoms with E-state index in [0.29, 0.717) is 12.3 Å². The zero-order valence-electron chi connectivity index (χ0n) is 11.6. The van der Waals surface area contributed by atoms with Gasteiger partial charge in [0.15, 0.2) is 0 Å². The van der Waals surface area contributed by atoms with Crippen molar-refractivity contribution in [2.24, 2.45) is 0 Å². The molecule has 0 heterocycles. The average Bonchev–Trinajstić information content (AvgIpc) is 2.46. The third kappa shape index (κ3) is 2.36. The van der Waals surface area contributed by atoms with Crippen molar-refractivity contribution in [2.45, 2.75) is 37.7 Å².